The second-order valence-corrected chi connectivity index (χ2v) is 4.44. The van der Waals surface area contributed by atoms with E-state index in [0.29, 0.717) is 0 Å². The molecule has 0 bridgehead atoms. The lowest BCUT2D eigenvalue weighted by Crippen LogP contribution is -2.13. The molecule has 2 rings (SSSR count). The maximum Gasteiger partial charge on any atom is 0.359 e. The standard InChI is InChI=1S/C13H10N2O2S/c1-9(7-14)17-13(16)11-8-18-12(15-11)10-5-3-2-4-6-10/h2-6,8-9H,1H3/t9-/m1/s1. The predicted molar refractivity (Wildman–Crippen MR) is 68.0 cm³/mol. The number of benzene rings is 1. The van der Waals surface area contributed by atoms with Gasteiger partial charge in [0.2, 0.25) is 0 Å². The van der Waals surface area contributed by atoms with E-state index in [2.05, 4.69) is 4.98 Å². The average Bonchev–Trinajstić information content (AvgIpc) is 2.89. The van der Waals surface area contributed by atoms with Crippen molar-refractivity contribution in [3.8, 4) is 16.6 Å². The van der Waals surface area contributed by atoms with Gasteiger partial charge in [0, 0.05) is 10.9 Å². The van der Waals surface area contributed by atoms with Gasteiger partial charge in [-0.3, -0.25) is 0 Å². The van der Waals surface area contributed by atoms with Gasteiger partial charge in [-0.1, -0.05) is 30.3 Å². The van der Waals surface area contributed by atoms with E-state index in [-0.39, 0.29) is 5.69 Å². The normalized spacial score (nSPS) is 11.6. The topological polar surface area (TPSA) is 63.0 Å². The van der Waals surface area contributed by atoms with E-state index >= 15 is 0 Å². The molecule has 0 unspecified atom stereocenters. The zero-order valence-electron chi connectivity index (χ0n) is 9.66. The van der Waals surface area contributed by atoms with Crippen LogP contribution < -0.4 is 0 Å². The van der Waals surface area contributed by atoms with Crippen molar-refractivity contribution in [3.05, 3.63) is 41.4 Å². The fraction of sp³-hybridized carbons (Fsp3) is 0.154. The van der Waals surface area contributed by atoms with Crippen LogP contribution in [-0.4, -0.2) is 17.1 Å². The summed E-state index contributed by atoms with van der Waals surface area (Å²) in [6.07, 6.45) is -0.764. The first kappa shape index (κ1) is 12.3. The Morgan fingerprint density at radius 2 is 2.17 bits per heavy atom. The molecule has 1 aromatic heterocycles. The van der Waals surface area contributed by atoms with Crippen LogP contribution in [0.3, 0.4) is 0 Å². The van der Waals surface area contributed by atoms with Gasteiger partial charge in [-0.2, -0.15) is 5.26 Å². The number of carbonyl (C=O) groups excluding carboxylic acids is 1. The zero-order chi connectivity index (χ0) is 13.0. The molecular weight excluding hydrogens is 248 g/mol. The fourth-order valence-electron chi connectivity index (χ4n) is 1.33. The Labute approximate surface area is 108 Å². The van der Waals surface area contributed by atoms with E-state index in [4.69, 9.17) is 10.00 Å². The zero-order valence-corrected chi connectivity index (χ0v) is 10.5. The number of hydrogen-bond acceptors (Lipinski definition) is 5. The Morgan fingerprint density at radius 3 is 2.83 bits per heavy atom. The highest BCUT2D eigenvalue weighted by atomic mass is 32.1. The van der Waals surface area contributed by atoms with Gasteiger partial charge in [-0.05, 0) is 6.92 Å². The molecule has 0 aliphatic carbocycles. The second kappa shape index (κ2) is 5.43. The number of ether oxygens (including phenoxy) is 1. The van der Waals surface area contributed by atoms with Crippen molar-refractivity contribution in [1.29, 1.82) is 5.26 Å². The molecule has 1 aromatic carbocycles. The molecule has 2 aromatic rings. The van der Waals surface area contributed by atoms with Gasteiger partial charge in [-0.15, -0.1) is 11.3 Å². The van der Waals surface area contributed by atoms with Crippen molar-refractivity contribution in [3.63, 3.8) is 0 Å². The highest BCUT2D eigenvalue weighted by Gasteiger charge is 2.15. The molecule has 4 nitrogen and oxygen atoms in total. The quantitative estimate of drug-likeness (QED) is 0.794. The highest BCUT2D eigenvalue weighted by Crippen LogP contribution is 2.23. The lowest BCUT2D eigenvalue weighted by Gasteiger charge is -2.02. The first-order chi connectivity index (χ1) is 8.70. The fourth-order valence-corrected chi connectivity index (χ4v) is 2.12. The summed E-state index contributed by atoms with van der Waals surface area (Å²) in [4.78, 5) is 15.8. The minimum absolute atomic E-state index is 0.237. The minimum atomic E-state index is -0.764. The van der Waals surface area contributed by atoms with Crippen molar-refractivity contribution < 1.29 is 9.53 Å². The summed E-state index contributed by atoms with van der Waals surface area (Å²) in [5.74, 6) is -0.567. The SMILES string of the molecule is C[C@H](C#N)OC(=O)c1csc(-c2ccccc2)n1. The summed E-state index contributed by atoms with van der Waals surface area (Å²) in [6, 6.07) is 11.4. The first-order valence-electron chi connectivity index (χ1n) is 5.32. The lowest BCUT2D eigenvalue weighted by atomic mass is 10.2. The van der Waals surface area contributed by atoms with E-state index in [9.17, 15) is 4.79 Å². The van der Waals surface area contributed by atoms with Gasteiger partial charge >= 0.3 is 5.97 Å². The maximum atomic E-state index is 11.6. The Bertz CT molecular complexity index is 587. The number of carbonyl (C=O) groups is 1. The molecule has 0 spiro atoms. The number of hydrogen-bond donors (Lipinski definition) is 0. The largest absolute Gasteiger partial charge is 0.443 e. The van der Waals surface area contributed by atoms with E-state index in [1.54, 1.807) is 5.38 Å². The van der Waals surface area contributed by atoms with Crippen LogP contribution in [0.15, 0.2) is 35.7 Å². The molecule has 90 valence electrons. The Morgan fingerprint density at radius 1 is 1.44 bits per heavy atom. The van der Waals surface area contributed by atoms with Crippen LogP contribution in [0.4, 0.5) is 0 Å². The summed E-state index contributed by atoms with van der Waals surface area (Å²) in [5, 5.41) is 11.0. The number of nitrogens with zero attached hydrogens (tertiary/aromatic N) is 2. The van der Waals surface area contributed by atoms with Gasteiger partial charge in [0.25, 0.3) is 0 Å². The smallest absolute Gasteiger partial charge is 0.359 e. The van der Waals surface area contributed by atoms with Crippen LogP contribution in [0.1, 0.15) is 17.4 Å². The molecule has 18 heavy (non-hydrogen) atoms. The van der Waals surface area contributed by atoms with E-state index in [0.717, 1.165) is 10.6 Å². The van der Waals surface area contributed by atoms with Gasteiger partial charge in [0.1, 0.15) is 11.1 Å². The van der Waals surface area contributed by atoms with Gasteiger partial charge in [0.15, 0.2) is 11.8 Å². The van der Waals surface area contributed by atoms with Crippen LogP contribution in [0.5, 0.6) is 0 Å². The molecule has 0 aliphatic rings. The van der Waals surface area contributed by atoms with Crippen LogP contribution in [-0.2, 0) is 4.74 Å². The number of thiazole rings is 1. The molecule has 0 saturated carbocycles. The summed E-state index contributed by atoms with van der Waals surface area (Å²) in [5.41, 5.74) is 1.19. The Kier molecular flexibility index (Phi) is 3.70. The van der Waals surface area contributed by atoms with Gasteiger partial charge in [0.05, 0.1) is 0 Å². The van der Waals surface area contributed by atoms with Crippen LogP contribution >= 0.6 is 11.3 Å². The maximum absolute atomic E-state index is 11.6. The summed E-state index contributed by atoms with van der Waals surface area (Å²) < 4.78 is 4.88. The van der Waals surface area contributed by atoms with Crippen molar-refractivity contribution >= 4 is 17.3 Å². The molecule has 0 amide bonds. The van der Waals surface area contributed by atoms with Crippen LogP contribution in [0.25, 0.3) is 10.6 Å². The first-order valence-corrected chi connectivity index (χ1v) is 6.20. The molecule has 0 saturated heterocycles. The van der Waals surface area contributed by atoms with Crippen LogP contribution in [0, 0.1) is 11.3 Å². The van der Waals surface area contributed by atoms with E-state index < -0.39 is 12.1 Å². The second-order valence-electron chi connectivity index (χ2n) is 3.58. The molecule has 0 radical (unpaired) electrons. The number of esters is 1. The molecule has 1 heterocycles. The predicted octanol–water partition coefficient (Wildman–Crippen LogP) is 2.88. The van der Waals surface area contributed by atoms with E-state index in [1.807, 2.05) is 36.4 Å². The summed E-state index contributed by atoms with van der Waals surface area (Å²) >= 11 is 1.37. The van der Waals surface area contributed by atoms with Crippen LogP contribution in [0.2, 0.25) is 0 Å². The Hall–Kier alpha value is -2.19. The third-order valence-corrected chi connectivity index (χ3v) is 3.09. The molecule has 1 atom stereocenters. The van der Waals surface area contributed by atoms with Crippen molar-refractivity contribution in [2.45, 2.75) is 13.0 Å². The van der Waals surface area contributed by atoms with Crippen molar-refractivity contribution in [2.75, 3.05) is 0 Å². The molecule has 0 fully saturated rings. The van der Waals surface area contributed by atoms with Crippen molar-refractivity contribution in [2.24, 2.45) is 0 Å². The van der Waals surface area contributed by atoms with Crippen molar-refractivity contribution in [1.82, 2.24) is 4.98 Å². The third-order valence-electron chi connectivity index (χ3n) is 2.20. The monoisotopic (exact) mass is 258 g/mol. The number of rotatable bonds is 3. The number of aromatic nitrogens is 1. The lowest BCUT2D eigenvalue weighted by molar-refractivity contribution is 0.0429. The minimum Gasteiger partial charge on any atom is -0.443 e. The summed E-state index contributed by atoms with van der Waals surface area (Å²) in [7, 11) is 0. The summed E-state index contributed by atoms with van der Waals surface area (Å²) in [6.45, 7) is 1.52. The molecule has 0 aliphatic heterocycles. The molecule has 5 heteroatoms. The molecular formula is C13H10N2O2S. The Balaban J connectivity index is 2.17. The molecule has 0 N–H and O–H groups in total. The number of nitriles is 1. The third kappa shape index (κ3) is 2.73. The average molecular weight is 258 g/mol. The highest BCUT2D eigenvalue weighted by molar-refractivity contribution is 7.13. The van der Waals surface area contributed by atoms with E-state index in [1.165, 1.54) is 18.3 Å². The van der Waals surface area contributed by atoms with Gasteiger partial charge < -0.3 is 4.74 Å². The van der Waals surface area contributed by atoms with Gasteiger partial charge in [-0.25, -0.2) is 9.78 Å².